The lowest BCUT2D eigenvalue weighted by Gasteiger charge is -2.47. The molecule has 12 heteroatoms. The van der Waals surface area contributed by atoms with Crippen LogP contribution in [0.2, 0.25) is 0 Å². The normalized spacial score (nSPS) is 30.6. The molecule has 7 atom stereocenters. The monoisotopic (exact) mass is 528 g/mol. The van der Waals surface area contributed by atoms with Crippen molar-refractivity contribution < 1.29 is 18.0 Å². The molecule has 0 aromatic carbocycles. The minimum atomic E-state index is -4.53. The van der Waals surface area contributed by atoms with Gasteiger partial charge in [0.25, 0.3) is 0 Å². The molecular formula is C26H31F3N8O. The maximum Gasteiger partial charge on any atom is 0.433 e. The Hall–Kier alpha value is -3.14. The van der Waals surface area contributed by atoms with Crippen molar-refractivity contribution in [2.45, 2.75) is 82.5 Å². The van der Waals surface area contributed by atoms with Crippen LogP contribution in [0.3, 0.4) is 0 Å². The van der Waals surface area contributed by atoms with Crippen LogP contribution < -0.4 is 16.1 Å². The fourth-order valence-corrected chi connectivity index (χ4v) is 5.52. The van der Waals surface area contributed by atoms with E-state index in [2.05, 4.69) is 52.9 Å². The number of rotatable bonds is 4. The summed E-state index contributed by atoms with van der Waals surface area (Å²) in [7, 11) is 0. The maximum atomic E-state index is 13.3. The van der Waals surface area contributed by atoms with Gasteiger partial charge in [0, 0.05) is 41.4 Å². The third-order valence-corrected chi connectivity index (χ3v) is 7.88. The Morgan fingerprint density at radius 2 is 1.89 bits per heavy atom. The van der Waals surface area contributed by atoms with Gasteiger partial charge in [0.1, 0.15) is 17.6 Å². The first-order valence-electron chi connectivity index (χ1n) is 12.8. The summed E-state index contributed by atoms with van der Waals surface area (Å²) >= 11 is 0. The summed E-state index contributed by atoms with van der Waals surface area (Å²) in [5, 5.41) is 18.1. The highest BCUT2D eigenvalue weighted by atomic mass is 19.4. The van der Waals surface area contributed by atoms with Crippen molar-refractivity contribution in [2.24, 2.45) is 11.8 Å². The number of hydrogen-bond acceptors (Lipinski definition) is 8. The van der Waals surface area contributed by atoms with Gasteiger partial charge in [-0.1, -0.05) is 26.8 Å². The first kappa shape index (κ1) is 26.5. The number of nitrogens with one attached hydrogen (secondary N) is 3. The van der Waals surface area contributed by atoms with Gasteiger partial charge in [-0.25, -0.2) is 20.4 Å². The van der Waals surface area contributed by atoms with Crippen molar-refractivity contribution in [3.63, 3.8) is 0 Å². The Bertz CT molecular complexity index is 1240. The number of nitriles is 1. The smallest absolute Gasteiger partial charge is 0.340 e. The second-order valence-electron chi connectivity index (χ2n) is 11.3. The molecule has 38 heavy (non-hydrogen) atoms. The summed E-state index contributed by atoms with van der Waals surface area (Å²) in [5.74, 6) is -0.0561. The molecule has 2 aromatic rings. The fourth-order valence-electron chi connectivity index (χ4n) is 5.52. The van der Waals surface area contributed by atoms with E-state index < -0.39 is 36.0 Å². The van der Waals surface area contributed by atoms with Crippen LogP contribution in [0, 0.1) is 23.2 Å². The van der Waals surface area contributed by atoms with Crippen LogP contribution in [0.4, 0.5) is 13.2 Å². The van der Waals surface area contributed by atoms with Gasteiger partial charge >= 0.3 is 6.18 Å². The van der Waals surface area contributed by atoms with Crippen molar-refractivity contribution in [1.29, 1.82) is 5.26 Å². The first-order valence-corrected chi connectivity index (χ1v) is 12.8. The SMILES string of the molecule is C[C@@H](c1ccc(C(F)(F)F)nc1)N1NC(C#N)C2C(=O)NC(C3CCC3c3nccc(C(C)(C)C)n3)NC21. The number of alkyl halides is 3. The van der Waals surface area contributed by atoms with E-state index in [1.54, 1.807) is 18.1 Å². The quantitative estimate of drug-likeness (QED) is 0.554. The number of hydrazine groups is 1. The summed E-state index contributed by atoms with van der Waals surface area (Å²) in [6.07, 6.45) is -0.709. The highest BCUT2D eigenvalue weighted by Gasteiger charge is 2.54. The van der Waals surface area contributed by atoms with Crippen LogP contribution in [0.1, 0.15) is 75.3 Å². The summed E-state index contributed by atoms with van der Waals surface area (Å²) in [6.45, 7) is 8.10. The van der Waals surface area contributed by atoms with Crippen molar-refractivity contribution in [1.82, 2.24) is 36.0 Å². The molecular weight excluding hydrogens is 497 g/mol. The number of carbonyl (C=O) groups is 1. The van der Waals surface area contributed by atoms with Crippen molar-refractivity contribution in [2.75, 3.05) is 0 Å². The maximum absolute atomic E-state index is 13.3. The highest BCUT2D eigenvalue weighted by Crippen LogP contribution is 2.44. The van der Waals surface area contributed by atoms with Gasteiger partial charge in [0.05, 0.1) is 24.3 Å². The Balaban J connectivity index is 1.37. The summed E-state index contributed by atoms with van der Waals surface area (Å²) in [4.78, 5) is 26.2. The highest BCUT2D eigenvalue weighted by molar-refractivity contribution is 5.82. The number of nitrogens with zero attached hydrogens (tertiary/aromatic N) is 5. The van der Waals surface area contributed by atoms with Crippen molar-refractivity contribution >= 4 is 5.91 Å². The van der Waals surface area contributed by atoms with Crippen molar-refractivity contribution in [3.8, 4) is 6.07 Å². The predicted molar refractivity (Wildman–Crippen MR) is 131 cm³/mol. The molecule has 1 aliphatic carbocycles. The Labute approximate surface area is 219 Å². The number of aromatic nitrogens is 3. The van der Waals surface area contributed by atoms with Crippen LogP contribution in [0.15, 0.2) is 30.6 Å². The van der Waals surface area contributed by atoms with Crippen LogP contribution in [-0.2, 0) is 16.4 Å². The molecule has 2 aliphatic heterocycles. The van der Waals surface area contributed by atoms with Gasteiger partial charge in [-0.15, -0.1) is 0 Å². The molecule has 3 N–H and O–H groups in total. The van der Waals surface area contributed by atoms with Crippen LogP contribution in [-0.4, -0.2) is 44.2 Å². The van der Waals surface area contributed by atoms with Gasteiger partial charge in [-0.2, -0.15) is 18.4 Å². The standard InChI is InChI=1S/C26H31F3N8O/c1-13(14-5-8-19(32-12-14)26(27,28)29)37-23-20(17(11-30)36-37)24(38)35-22(34-23)16-7-6-15(16)21-31-10-9-18(33-21)25(2,3)4/h5,8-10,12-13,15-17,20,22-23,34,36H,6-7H2,1-4H3,(H,35,38)/t13-,15?,16?,17?,20?,22?,23?/m0/s1. The lowest BCUT2D eigenvalue weighted by atomic mass is 9.70. The minimum Gasteiger partial charge on any atom is -0.340 e. The lowest BCUT2D eigenvalue weighted by Crippen LogP contribution is -2.68. The third kappa shape index (κ3) is 4.74. The molecule has 5 rings (SSSR count). The van der Waals surface area contributed by atoms with Gasteiger partial charge in [0.2, 0.25) is 5.91 Å². The molecule has 1 saturated carbocycles. The average Bonchev–Trinajstić information content (AvgIpc) is 3.21. The van der Waals surface area contributed by atoms with Crippen LogP contribution in [0.5, 0.6) is 0 Å². The largest absolute Gasteiger partial charge is 0.433 e. The number of carbonyl (C=O) groups excluding carboxylic acids is 1. The summed E-state index contributed by atoms with van der Waals surface area (Å²) in [6, 6.07) is 5.13. The number of fused-ring (bicyclic) bond motifs is 1. The first-order chi connectivity index (χ1) is 17.9. The molecule has 6 unspecified atom stereocenters. The van der Waals surface area contributed by atoms with Gasteiger partial charge < -0.3 is 5.32 Å². The predicted octanol–water partition coefficient (Wildman–Crippen LogP) is 3.14. The minimum absolute atomic E-state index is 0.0566. The zero-order valence-electron chi connectivity index (χ0n) is 21.6. The molecule has 4 heterocycles. The fraction of sp³-hybridized carbons (Fsp3) is 0.577. The van der Waals surface area contributed by atoms with E-state index in [1.165, 1.54) is 12.3 Å². The van der Waals surface area contributed by atoms with E-state index in [4.69, 9.17) is 4.98 Å². The van der Waals surface area contributed by atoms with E-state index >= 15 is 0 Å². The molecule has 3 aliphatic rings. The molecule has 9 nitrogen and oxygen atoms in total. The Morgan fingerprint density at radius 3 is 2.47 bits per heavy atom. The number of hydrogen-bond donors (Lipinski definition) is 3. The zero-order valence-corrected chi connectivity index (χ0v) is 21.6. The van der Waals surface area contributed by atoms with E-state index in [0.29, 0.717) is 5.56 Å². The topological polar surface area (TPSA) is 119 Å². The molecule has 2 aromatic heterocycles. The molecule has 3 fully saturated rings. The van der Waals surface area contributed by atoms with Crippen LogP contribution in [0.25, 0.3) is 0 Å². The lowest BCUT2D eigenvalue weighted by molar-refractivity contribution is -0.141. The molecule has 0 spiro atoms. The third-order valence-electron chi connectivity index (χ3n) is 7.88. The molecule has 2 saturated heterocycles. The zero-order chi connectivity index (χ0) is 27.4. The Morgan fingerprint density at radius 1 is 1.13 bits per heavy atom. The van der Waals surface area contributed by atoms with Crippen molar-refractivity contribution in [3.05, 3.63) is 53.4 Å². The van der Waals surface area contributed by atoms with E-state index in [0.717, 1.165) is 30.4 Å². The van der Waals surface area contributed by atoms with Gasteiger partial charge in [0.15, 0.2) is 0 Å². The van der Waals surface area contributed by atoms with E-state index in [9.17, 15) is 23.2 Å². The average molecular weight is 529 g/mol. The van der Waals surface area contributed by atoms with Gasteiger partial charge in [-0.05, 0) is 37.5 Å². The molecule has 202 valence electrons. The number of amides is 1. The number of pyridine rings is 1. The second kappa shape index (κ2) is 9.55. The molecule has 0 radical (unpaired) electrons. The van der Waals surface area contributed by atoms with E-state index in [1.807, 2.05) is 6.07 Å². The van der Waals surface area contributed by atoms with E-state index in [-0.39, 0.29) is 29.3 Å². The molecule has 0 bridgehead atoms. The second-order valence-corrected chi connectivity index (χ2v) is 11.3. The Kier molecular flexibility index (Phi) is 6.65. The van der Waals surface area contributed by atoms with Gasteiger partial charge in [-0.3, -0.25) is 15.1 Å². The summed E-state index contributed by atoms with van der Waals surface area (Å²) < 4.78 is 39.0. The van der Waals surface area contributed by atoms with Crippen LogP contribution >= 0.6 is 0 Å². The number of halogens is 3. The molecule has 1 amide bonds. The summed E-state index contributed by atoms with van der Waals surface area (Å²) in [5.41, 5.74) is 3.49.